The highest BCUT2D eigenvalue weighted by molar-refractivity contribution is 6.22. The van der Waals surface area contributed by atoms with E-state index in [-0.39, 0.29) is 10.5 Å². The van der Waals surface area contributed by atoms with E-state index in [9.17, 15) is 0 Å². The molecular formula is C27H35O2Si. The monoisotopic (exact) mass is 419 g/mol. The molecule has 1 unspecified atom stereocenters. The number of unbranched alkanes of at least 4 members (excludes halogenated alkanes) is 1. The minimum Gasteiger partial charge on any atom is -0.496 e. The Labute approximate surface area is 186 Å². The van der Waals surface area contributed by atoms with E-state index in [1.165, 1.54) is 39.0 Å². The molecule has 0 heterocycles. The Balaban J connectivity index is 2.35. The smallest absolute Gasteiger partial charge is 0.123 e. The molecule has 0 aliphatic heterocycles. The van der Waals surface area contributed by atoms with E-state index in [4.69, 9.17) is 9.47 Å². The van der Waals surface area contributed by atoms with Gasteiger partial charge in [0.1, 0.15) is 11.5 Å². The summed E-state index contributed by atoms with van der Waals surface area (Å²) in [6.07, 6.45) is 3.23. The largest absolute Gasteiger partial charge is 0.496 e. The topological polar surface area (TPSA) is 18.5 Å². The van der Waals surface area contributed by atoms with E-state index in [2.05, 4.69) is 76.1 Å². The molecule has 159 valence electrons. The second-order valence-electron chi connectivity index (χ2n) is 9.05. The molecule has 0 N–H and O–H groups in total. The van der Waals surface area contributed by atoms with Crippen LogP contribution in [0.5, 0.6) is 11.5 Å². The van der Waals surface area contributed by atoms with E-state index in [0.29, 0.717) is 0 Å². The molecule has 0 aromatic heterocycles. The van der Waals surface area contributed by atoms with Crippen molar-refractivity contribution in [3.05, 3.63) is 63.7 Å². The molecule has 0 bridgehead atoms. The van der Waals surface area contributed by atoms with Crippen molar-refractivity contribution >= 4 is 15.8 Å². The predicted octanol–water partition coefficient (Wildman–Crippen LogP) is 6.50. The zero-order chi connectivity index (χ0) is 22.3. The summed E-state index contributed by atoms with van der Waals surface area (Å²) in [5.74, 6) is 1.87. The van der Waals surface area contributed by atoms with Crippen LogP contribution >= 0.6 is 0 Å². The molecule has 2 nitrogen and oxygen atoms in total. The van der Waals surface area contributed by atoms with Gasteiger partial charge in [0.15, 0.2) is 0 Å². The van der Waals surface area contributed by atoms with Gasteiger partial charge in [-0.25, -0.2) is 0 Å². The second-order valence-corrected chi connectivity index (χ2v) is 9.80. The Kier molecular flexibility index (Phi) is 6.24. The molecule has 0 fully saturated rings. The van der Waals surface area contributed by atoms with Crippen LogP contribution in [0.2, 0.25) is 0 Å². The number of fused-ring (bicyclic) bond motifs is 1. The fourth-order valence-corrected chi connectivity index (χ4v) is 5.92. The lowest BCUT2D eigenvalue weighted by Crippen LogP contribution is -2.46. The highest BCUT2D eigenvalue weighted by atomic mass is 28.1. The van der Waals surface area contributed by atoms with E-state index in [0.717, 1.165) is 30.8 Å². The van der Waals surface area contributed by atoms with Crippen molar-refractivity contribution in [3.63, 3.8) is 0 Å². The van der Waals surface area contributed by atoms with Gasteiger partial charge < -0.3 is 9.47 Å². The van der Waals surface area contributed by atoms with Gasteiger partial charge in [-0.3, -0.25) is 0 Å². The number of benzene rings is 2. The maximum absolute atomic E-state index is 5.94. The highest BCUT2D eigenvalue weighted by Gasteiger charge is 2.51. The van der Waals surface area contributed by atoms with Crippen LogP contribution in [0.1, 0.15) is 75.3 Å². The first kappa shape index (κ1) is 22.7. The lowest BCUT2D eigenvalue weighted by molar-refractivity contribution is 0.352. The number of hydrogen-bond donors (Lipinski definition) is 0. The maximum atomic E-state index is 5.94. The first-order chi connectivity index (χ1) is 14.2. The van der Waals surface area contributed by atoms with Crippen molar-refractivity contribution in [2.45, 2.75) is 71.3 Å². The first-order valence-electron chi connectivity index (χ1n) is 10.9. The third kappa shape index (κ3) is 3.13. The fraction of sp³-hybridized carbons (Fsp3) is 0.481. The summed E-state index contributed by atoms with van der Waals surface area (Å²) >= 11 is 0. The molecule has 0 amide bonds. The zero-order valence-electron chi connectivity index (χ0n) is 19.8. The number of methoxy groups -OCH3 is 2. The Morgan fingerprint density at radius 3 is 2.20 bits per heavy atom. The van der Waals surface area contributed by atoms with Gasteiger partial charge in [0.05, 0.1) is 14.2 Å². The Morgan fingerprint density at radius 2 is 1.60 bits per heavy atom. The SMILES string of the molecule is CCCCc1c(OC)ccc(OC)c1C(C)(C)C1([Si])C(C)=C(C)c2c(C)cccc21. The Hall–Kier alpha value is -2.00. The van der Waals surface area contributed by atoms with Gasteiger partial charge in [-0.15, -0.1) is 0 Å². The van der Waals surface area contributed by atoms with Crippen molar-refractivity contribution in [2.75, 3.05) is 14.2 Å². The van der Waals surface area contributed by atoms with Crippen LogP contribution in [-0.4, -0.2) is 24.5 Å². The molecule has 0 saturated carbocycles. The van der Waals surface area contributed by atoms with Crippen LogP contribution in [-0.2, 0) is 16.9 Å². The minimum absolute atomic E-state index is 0.281. The number of hydrogen-bond acceptors (Lipinski definition) is 2. The average molecular weight is 420 g/mol. The summed E-state index contributed by atoms with van der Waals surface area (Å²) in [6.45, 7) is 13.6. The number of rotatable bonds is 7. The van der Waals surface area contributed by atoms with Crippen LogP contribution < -0.4 is 9.47 Å². The lowest BCUT2D eigenvalue weighted by atomic mass is 9.65. The molecule has 0 saturated heterocycles. The molecule has 3 heteroatoms. The summed E-state index contributed by atoms with van der Waals surface area (Å²) in [4.78, 5) is 0. The third-order valence-corrected chi connectivity index (χ3v) is 8.46. The van der Waals surface area contributed by atoms with Crippen LogP contribution in [0, 0.1) is 6.92 Å². The summed E-state index contributed by atoms with van der Waals surface area (Å²) in [5, 5.41) is -0.334. The number of allylic oxidation sites excluding steroid dienone is 2. The van der Waals surface area contributed by atoms with E-state index < -0.39 is 0 Å². The minimum atomic E-state index is -0.334. The van der Waals surface area contributed by atoms with Gasteiger partial charge in [0.25, 0.3) is 0 Å². The van der Waals surface area contributed by atoms with E-state index in [1.54, 1.807) is 14.2 Å². The van der Waals surface area contributed by atoms with E-state index in [1.807, 2.05) is 6.07 Å². The normalized spacial score (nSPS) is 18.6. The standard InChI is InChI=1S/C27H35O2Si/c1-9-10-13-20-22(28-7)15-16-23(29-8)25(20)26(5,6)27(30)19(4)18(3)24-17(2)12-11-14-21(24)27/h11-12,14-16H,9-10,13H2,1-8H3. The van der Waals surface area contributed by atoms with Crippen molar-refractivity contribution < 1.29 is 9.47 Å². The van der Waals surface area contributed by atoms with Crippen LogP contribution in [0.25, 0.3) is 5.57 Å². The summed E-state index contributed by atoms with van der Waals surface area (Å²) in [5.41, 5.74) is 8.96. The van der Waals surface area contributed by atoms with E-state index >= 15 is 0 Å². The quantitative estimate of drug-likeness (QED) is 0.477. The van der Waals surface area contributed by atoms with Gasteiger partial charge in [-0.05, 0) is 68.0 Å². The average Bonchev–Trinajstić information content (AvgIpc) is 2.94. The molecule has 0 spiro atoms. The second kappa shape index (κ2) is 8.26. The van der Waals surface area contributed by atoms with Gasteiger partial charge in [0, 0.05) is 31.8 Å². The molecule has 2 aromatic carbocycles. The number of aryl methyl sites for hydroxylation is 1. The molecule has 2 aromatic rings. The third-order valence-electron chi connectivity index (χ3n) is 7.19. The van der Waals surface area contributed by atoms with Crippen molar-refractivity contribution in [1.29, 1.82) is 0 Å². The Bertz CT molecular complexity index is 987. The summed E-state index contributed by atoms with van der Waals surface area (Å²) < 4.78 is 11.8. The molecule has 1 aliphatic carbocycles. The molecule has 3 radical (unpaired) electrons. The fourth-order valence-electron chi connectivity index (χ4n) is 5.40. The summed E-state index contributed by atoms with van der Waals surface area (Å²) in [6, 6.07) is 10.8. The Morgan fingerprint density at radius 1 is 0.967 bits per heavy atom. The van der Waals surface area contributed by atoms with Crippen LogP contribution in [0.15, 0.2) is 35.9 Å². The van der Waals surface area contributed by atoms with Gasteiger partial charge in [-0.1, -0.05) is 51.0 Å². The predicted molar refractivity (Wildman–Crippen MR) is 128 cm³/mol. The first-order valence-corrected chi connectivity index (χ1v) is 11.4. The van der Waals surface area contributed by atoms with Gasteiger partial charge in [0.2, 0.25) is 0 Å². The van der Waals surface area contributed by atoms with Crippen molar-refractivity contribution in [3.8, 4) is 11.5 Å². The number of ether oxygens (including phenoxy) is 2. The zero-order valence-corrected chi connectivity index (χ0v) is 20.8. The molecule has 1 atom stereocenters. The molecule has 1 aliphatic rings. The van der Waals surface area contributed by atoms with Gasteiger partial charge >= 0.3 is 0 Å². The van der Waals surface area contributed by atoms with Gasteiger partial charge in [-0.2, -0.15) is 0 Å². The van der Waals surface area contributed by atoms with Crippen LogP contribution in [0.3, 0.4) is 0 Å². The lowest BCUT2D eigenvalue weighted by Gasteiger charge is -2.46. The van der Waals surface area contributed by atoms with Crippen molar-refractivity contribution in [1.82, 2.24) is 0 Å². The van der Waals surface area contributed by atoms with Crippen molar-refractivity contribution in [2.24, 2.45) is 0 Å². The highest BCUT2D eigenvalue weighted by Crippen LogP contribution is 2.57. The summed E-state index contributed by atoms with van der Waals surface area (Å²) in [7, 11) is 7.91. The molecule has 30 heavy (non-hydrogen) atoms. The molecular weight excluding hydrogens is 384 g/mol. The van der Waals surface area contributed by atoms with Crippen LogP contribution in [0.4, 0.5) is 0 Å². The maximum Gasteiger partial charge on any atom is 0.123 e. The molecule has 3 rings (SSSR count).